The first-order chi connectivity index (χ1) is 13.4. The van der Waals surface area contributed by atoms with Gasteiger partial charge in [-0.1, -0.05) is 12.1 Å². The van der Waals surface area contributed by atoms with Crippen molar-refractivity contribution in [3.63, 3.8) is 0 Å². The number of pyridine rings is 1. The molecular formula is C19H14F2N4O3. The minimum Gasteiger partial charge on any atom is -0.395 e. The number of Topliss-reactive ketones (excluding diaryl/α,β-unsaturated/α-hetero) is 1. The number of nitrogens with two attached hydrogens (primary N) is 1. The second-order valence-corrected chi connectivity index (χ2v) is 6.07. The fraction of sp³-hybridized carbons (Fsp3) is 0.158. The number of benzene rings is 1. The number of alkyl halides is 2. The maximum atomic E-state index is 13.3. The Kier molecular flexibility index (Phi) is 4.34. The summed E-state index contributed by atoms with van der Waals surface area (Å²) >= 11 is 0. The Morgan fingerprint density at radius 1 is 1.14 bits per heavy atom. The average molecular weight is 384 g/mol. The van der Waals surface area contributed by atoms with Gasteiger partial charge in [0, 0.05) is 24.4 Å². The van der Waals surface area contributed by atoms with E-state index in [2.05, 4.69) is 24.4 Å². The van der Waals surface area contributed by atoms with E-state index in [1.807, 2.05) is 0 Å². The van der Waals surface area contributed by atoms with Crippen molar-refractivity contribution in [2.45, 2.75) is 19.1 Å². The van der Waals surface area contributed by atoms with Crippen molar-refractivity contribution in [2.75, 3.05) is 5.73 Å². The van der Waals surface area contributed by atoms with Gasteiger partial charge in [0.25, 0.3) is 0 Å². The highest BCUT2D eigenvalue weighted by Crippen LogP contribution is 2.43. The van der Waals surface area contributed by atoms with Crippen molar-refractivity contribution in [1.82, 2.24) is 15.0 Å². The van der Waals surface area contributed by atoms with E-state index in [4.69, 9.17) is 5.73 Å². The van der Waals surface area contributed by atoms with Crippen LogP contribution in [0.15, 0.2) is 48.9 Å². The number of aryl methyl sites for hydroxylation is 1. The Balaban J connectivity index is 1.54. The molecule has 0 bridgehead atoms. The predicted octanol–water partition coefficient (Wildman–Crippen LogP) is 3.26. The summed E-state index contributed by atoms with van der Waals surface area (Å²) in [6, 6.07) is 8.05. The van der Waals surface area contributed by atoms with Gasteiger partial charge in [0.05, 0.1) is 11.9 Å². The zero-order chi connectivity index (χ0) is 19.7. The van der Waals surface area contributed by atoms with Gasteiger partial charge in [-0.2, -0.15) is 0 Å². The molecule has 0 amide bonds. The Morgan fingerprint density at radius 3 is 2.79 bits per heavy atom. The number of hydrogen-bond acceptors (Lipinski definition) is 7. The van der Waals surface area contributed by atoms with Gasteiger partial charge in [0.15, 0.2) is 23.1 Å². The van der Waals surface area contributed by atoms with E-state index in [9.17, 15) is 13.6 Å². The zero-order valence-electron chi connectivity index (χ0n) is 14.4. The van der Waals surface area contributed by atoms with Gasteiger partial charge >= 0.3 is 6.29 Å². The molecule has 2 aromatic heterocycles. The van der Waals surface area contributed by atoms with Crippen LogP contribution in [0.4, 0.5) is 14.6 Å². The van der Waals surface area contributed by atoms with Gasteiger partial charge in [-0.05, 0) is 30.2 Å². The Hall–Kier alpha value is -3.62. The highest BCUT2D eigenvalue weighted by Gasteiger charge is 2.44. The smallest absolute Gasteiger partial charge is 0.395 e. The number of rotatable bonds is 5. The molecule has 1 aromatic carbocycles. The zero-order valence-corrected chi connectivity index (χ0v) is 14.4. The van der Waals surface area contributed by atoms with Gasteiger partial charge in [-0.3, -0.25) is 9.78 Å². The molecule has 3 aromatic rings. The molecule has 0 atom stereocenters. The van der Waals surface area contributed by atoms with E-state index < -0.39 is 6.29 Å². The second-order valence-electron chi connectivity index (χ2n) is 6.07. The molecule has 1 aliphatic rings. The fourth-order valence-electron chi connectivity index (χ4n) is 2.85. The minimum atomic E-state index is -3.71. The molecule has 0 saturated carbocycles. The van der Waals surface area contributed by atoms with Crippen molar-refractivity contribution in [2.24, 2.45) is 0 Å². The highest BCUT2D eigenvalue weighted by atomic mass is 19.3. The predicted molar refractivity (Wildman–Crippen MR) is 95.0 cm³/mol. The van der Waals surface area contributed by atoms with Crippen LogP contribution in [0.1, 0.15) is 22.5 Å². The summed E-state index contributed by atoms with van der Waals surface area (Å²) in [5.41, 5.74) is 7.42. The van der Waals surface area contributed by atoms with Crippen LogP contribution in [0, 0.1) is 0 Å². The van der Waals surface area contributed by atoms with Crippen LogP contribution in [0.25, 0.3) is 11.3 Å². The number of para-hydroxylation sites is 1. The van der Waals surface area contributed by atoms with Crippen molar-refractivity contribution in [3.8, 4) is 22.8 Å². The van der Waals surface area contributed by atoms with Crippen molar-refractivity contribution >= 4 is 11.6 Å². The number of halogens is 2. The number of carbonyl (C=O) groups excluding carboxylic acids is 1. The molecule has 2 N–H and O–H groups in total. The molecule has 9 heteroatoms. The van der Waals surface area contributed by atoms with Gasteiger partial charge in [0.2, 0.25) is 0 Å². The van der Waals surface area contributed by atoms with Gasteiger partial charge in [0.1, 0.15) is 5.69 Å². The fourth-order valence-corrected chi connectivity index (χ4v) is 2.85. The van der Waals surface area contributed by atoms with Gasteiger partial charge < -0.3 is 15.2 Å². The molecule has 7 nitrogen and oxygen atoms in total. The van der Waals surface area contributed by atoms with E-state index in [0.29, 0.717) is 16.8 Å². The molecule has 0 fully saturated rings. The SMILES string of the molecule is Nc1ncc(-c2cccnc2)nc1C(=O)CCc1cccc2c1OC(F)(F)O2. The summed E-state index contributed by atoms with van der Waals surface area (Å²) < 4.78 is 35.5. The van der Waals surface area contributed by atoms with Gasteiger partial charge in [-0.15, -0.1) is 8.78 Å². The first-order valence-corrected chi connectivity index (χ1v) is 8.37. The monoisotopic (exact) mass is 384 g/mol. The highest BCUT2D eigenvalue weighted by molar-refractivity contribution is 5.98. The summed E-state index contributed by atoms with van der Waals surface area (Å²) in [4.78, 5) is 25.0. The lowest BCUT2D eigenvalue weighted by molar-refractivity contribution is -0.286. The Labute approximate surface area is 158 Å². The summed E-state index contributed by atoms with van der Waals surface area (Å²) in [5.74, 6) is -0.489. The molecule has 142 valence electrons. The quantitative estimate of drug-likeness (QED) is 0.674. The molecule has 0 aliphatic carbocycles. The van der Waals surface area contributed by atoms with Gasteiger partial charge in [-0.25, -0.2) is 9.97 Å². The number of nitrogen functional groups attached to an aromatic ring is 1. The summed E-state index contributed by atoms with van der Waals surface area (Å²) in [5, 5.41) is 0. The lowest BCUT2D eigenvalue weighted by Crippen LogP contribution is -2.26. The Morgan fingerprint density at radius 2 is 2.00 bits per heavy atom. The molecule has 0 unspecified atom stereocenters. The van der Waals surface area contributed by atoms with Crippen LogP contribution in [-0.4, -0.2) is 27.0 Å². The molecular weight excluding hydrogens is 370 g/mol. The van der Waals surface area contributed by atoms with Crippen molar-refractivity contribution in [1.29, 1.82) is 0 Å². The topological polar surface area (TPSA) is 100 Å². The van der Waals surface area contributed by atoms with E-state index in [1.54, 1.807) is 36.7 Å². The molecule has 4 rings (SSSR count). The largest absolute Gasteiger partial charge is 0.586 e. The molecule has 1 aliphatic heterocycles. The third kappa shape index (κ3) is 3.46. The summed E-state index contributed by atoms with van der Waals surface area (Å²) in [7, 11) is 0. The normalized spacial score (nSPS) is 14.1. The van der Waals surface area contributed by atoms with Crippen LogP contribution < -0.4 is 15.2 Å². The van der Waals surface area contributed by atoms with Crippen LogP contribution in [0.2, 0.25) is 0 Å². The number of nitrogens with zero attached hydrogens (tertiary/aromatic N) is 3. The minimum absolute atomic E-state index is 0.00190. The first-order valence-electron chi connectivity index (χ1n) is 8.37. The molecule has 28 heavy (non-hydrogen) atoms. The van der Waals surface area contributed by atoms with E-state index in [1.165, 1.54) is 12.3 Å². The third-order valence-electron chi connectivity index (χ3n) is 4.15. The maximum Gasteiger partial charge on any atom is 0.586 e. The Bertz CT molecular complexity index is 1040. The molecule has 0 radical (unpaired) electrons. The number of carbonyl (C=O) groups is 1. The summed E-state index contributed by atoms with van der Waals surface area (Å²) in [6.45, 7) is 0. The molecule has 0 saturated heterocycles. The van der Waals surface area contributed by atoms with Crippen molar-refractivity contribution in [3.05, 3.63) is 60.2 Å². The van der Waals surface area contributed by atoms with Crippen molar-refractivity contribution < 1.29 is 23.0 Å². The number of fused-ring (bicyclic) bond motifs is 1. The lowest BCUT2D eigenvalue weighted by atomic mass is 10.0. The van der Waals surface area contributed by atoms with E-state index in [0.717, 1.165) is 0 Å². The van der Waals surface area contributed by atoms with Crippen LogP contribution >= 0.6 is 0 Å². The number of anilines is 1. The summed E-state index contributed by atoms with van der Waals surface area (Å²) in [6.07, 6.45) is 1.10. The van der Waals surface area contributed by atoms with Crippen LogP contribution in [-0.2, 0) is 6.42 Å². The first kappa shape index (κ1) is 17.8. The standard InChI is InChI=1S/C19H14F2N4O3/c20-19(21)27-15-5-1-3-11(17(15)28-19)6-7-14(26)16-18(22)24-10-13(25-16)12-4-2-8-23-9-12/h1-5,8-10H,6-7H2,(H2,22,24). The second kappa shape index (κ2) is 6.84. The number of aromatic nitrogens is 3. The van der Waals surface area contributed by atoms with Crippen LogP contribution in [0.3, 0.4) is 0 Å². The average Bonchev–Trinajstić information content (AvgIpc) is 3.01. The number of hydrogen-bond donors (Lipinski definition) is 1. The third-order valence-corrected chi connectivity index (χ3v) is 4.15. The van der Waals surface area contributed by atoms with E-state index >= 15 is 0 Å². The molecule has 0 spiro atoms. The lowest BCUT2D eigenvalue weighted by Gasteiger charge is -2.08. The van der Waals surface area contributed by atoms with Crippen LogP contribution in [0.5, 0.6) is 11.5 Å². The number of ether oxygens (including phenoxy) is 2. The van der Waals surface area contributed by atoms with E-state index in [-0.39, 0.29) is 41.6 Å². The number of ketones is 1. The maximum absolute atomic E-state index is 13.3. The molecule has 3 heterocycles.